The molecular formula is C23H31N3O3S. The molecular weight excluding hydrogens is 398 g/mol. The average molecular weight is 430 g/mol. The van der Waals surface area contributed by atoms with E-state index in [9.17, 15) is 8.42 Å². The van der Waals surface area contributed by atoms with Crippen molar-refractivity contribution in [2.24, 2.45) is 11.8 Å². The molecule has 162 valence electrons. The number of benzene rings is 2. The van der Waals surface area contributed by atoms with Crippen molar-refractivity contribution in [2.75, 3.05) is 20.6 Å². The lowest BCUT2D eigenvalue weighted by Crippen LogP contribution is -2.44. The second-order valence-corrected chi connectivity index (χ2v) is 10.8. The zero-order chi connectivity index (χ0) is 21.5. The van der Waals surface area contributed by atoms with Gasteiger partial charge >= 0.3 is 0 Å². The number of fused-ring (bicyclic) bond motifs is 1. The van der Waals surface area contributed by atoms with E-state index in [2.05, 4.69) is 12.1 Å². The molecule has 2 aliphatic rings. The second kappa shape index (κ2) is 8.30. The van der Waals surface area contributed by atoms with E-state index in [4.69, 9.17) is 10.6 Å². The fourth-order valence-electron chi connectivity index (χ4n) is 4.80. The van der Waals surface area contributed by atoms with Gasteiger partial charge in [-0.3, -0.25) is 5.84 Å². The van der Waals surface area contributed by atoms with E-state index in [-0.39, 0.29) is 18.1 Å². The Kier molecular flexibility index (Phi) is 5.90. The first-order valence-corrected chi connectivity index (χ1v) is 12.0. The van der Waals surface area contributed by atoms with Crippen LogP contribution >= 0.6 is 0 Å². The highest BCUT2D eigenvalue weighted by Gasteiger charge is 2.34. The van der Waals surface area contributed by atoms with Gasteiger partial charge < -0.3 is 4.74 Å². The highest BCUT2D eigenvalue weighted by Crippen LogP contribution is 2.41. The minimum atomic E-state index is -3.51. The maximum Gasteiger partial charge on any atom is 0.242 e. The molecule has 0 amide bonds. The molecule has 0 saturated carbocycles. The number of hydrogen-bond donors (Lipinski definition) is 1. The summed E-state index contributed by atoms with van der Waals surface area (Å²) < 4.78 is 33.1. The third-order valence-electron chi connectivity index (χ3n) is 6.24. The van der Waals surface area contributed by atoms with Gasteiger partial charge in [0.1, 0.15) is 11.9 Å². The van der Waals surface area contributed by atoms with E-state index in [1.165, 1.54) is 9.87 Å². The highest BCUT2D eigenvalue weighted by atomic mass is 32.2. The summed E-state index contributed by atoms with van der Waals surface area (Å²) in [6.45, 7) is 2.88. The first kappa shape index (κ1) is 21.3. The van der Waals surface area contributed by atoms with E-state index in [1.807, 2.05) is 36.2 Å². The number of hydrogen-bond acceptors (Lipinski definition) is 5. The minimum absolute atomic E-state index is 0.0540. The van der Waals surface area contributed by atoms with Crippen LogP contribution in [0.3, 0.4) is 0 Å². The number of nitrogens with zero attached hydrogens (tertiary/aromatic N) is 2. The van der Waals surface area contributed by atoms with Crippen LogP contribution in [-0.4, -0.2) is 44.5 Å². The molecule has 1 saturated heterocycles. The Bertz CT molecular complexity index is 1010. The summed E-state index contributed by atoms with van der Waals surface area (Å²) in [6, 6.07) is 14.0. The van der Waals surface area contributed by atoms with Crippen molar-refractivity contribution < 1.29 is 13.2 Å². The molecule has 7 heteroatoms. The van der Waals surface area contributed by atoms with Gasteiger partial charge in [-0.05, 0) is 60.9 Å². The molecule has 1 unspecified atom stereocenters. The molecule has 0 aliphatic carbocycles. The molecule has 2 aromatic carbocycles. The third-order valence-corrected chi connectivity index (χ3v) is 8.03. The van der Waals surface area contributed by atoms with E-state index in [0.29, 0.717) is 4.90 Å². The monoisotopic (exact) mass is 429 g/mol. The highest BCUT2D eigenvalue weighted by molar-refractivity contribution is 7.89. The van der Waals surface area contributed by atoms with Gasteiger partial charge in [0.25, 0.3) is 0 Å². The third kappa shape index (κ3) is 3.99. The van der Waals surface area contributed by atoms with E-state index in [1.54, 1.807) is 20.2 Å². The number of rotatable bonds is 5. The van der Waals surface area contributed by atoms with Crippen molar-refractivity contribution in [1.82, 2.24) is 9.31 Å². The van der Waals surface area contributed by atoms with Crippen LogP contribution in [0.2, 0.25) is 0 Å². The predicted octanol–water partition coefficient (Wildman–Crippen LogP) is 3.13. The number of sulfonamides is 1. The van der Waals surface area contributed by atoms with Crippen LogP contribution in [0, 0.1) is 5.92 Å². The molecule has 3 atom stereocenters. The summed E-state index contributed by atoms with van der Waals surface area (Å²) in [4.78, 5) is 0.343. The van der Waals surface area contributed by atoms with E-state index in [0.717, 1.165) is 49.1 Å². The van der Waals surface area contributed by atoms with Gasteiger partial charge in [0.2, 0.25) is 10.0 Å². The SMILES string of the molecule is C[C@H]1Cc2cc(S(=O)(=O)N(C)C)cc(C[C@@H]3CCCN(N)C3c3ccccc3)c2O1. The summed E-state index contributed by atoms with van der Waals surface area (Å²) >= 11 is 0. The zero-order valence-corrected chi connectivity index (χ0v) is 18.7. The van der Waals surface area contributed by atoms with Crippen LogP contribution < -0.4 is 10.6 Å². The molecule has 4 rings (SSSR count). The standard InChI is InChI=1S/C23H31N3O3S/c1-16-12-19-14-21(30(27,28)25(2)3)15-20(23(19)29-16)13-18-10-7-11-26(24)22(18)17-8-5-4-6-9-17/h4-6,8-9,14-16,18,22H,7,10-13,24H2,1-3H3/t16-,18-,22?/m0/s1. The fourth-order valence-corrected chi connectivity index (χ4v) is 5.81. The quantitative estimate of drug-likeness (QED) is 0.739. The molecule has 0 bridgehead atoms. The Hall–Kier alpha value is -1.93. The summed E-state index contributed by atoms with van der Waals surface area (Å²) in [6.07, 6.45) is 3.59. The Morgan fingerprint density at radius 2 is 1.93 bits per heavy atom. The lowest BCUT2D eigenvalue weighted by Gasteiger charge is -2.39. The first-order chi connectivity index (χ1) is 14.3. The first-order valence-electron chi connectivity index (χ1n) is 10.6. The number of ether oxygens (including phenoxy) is 1. The molecule has 0 radical (unpaired) electrons. The summed E-state index contributed by atoms with van der Waals surface area (Å²) in [5, 5.41) is 1.94. The van der Waals surface area contributed by atoms with Gasteiger partial charge in [0, 0.05) is 27.1 Å². The lowest BCUT2D eigenvalue weighted by atomic mass is 9.81. The van der Waals surface area contributed by atoms with E-state index >= 15 is 0 Å². The molecule has 2 aromatic rings. The molecule has 2 heterocycles. The van der Waals surface area contributed by atoms with Crippen LogP contribution in [0.5, 0.6) is 5.75 Å². The van der Waals surface area contributed by atoms with Crippen LogP contribution in [0.15, 0.2) is 47.4 Å². The van der Waals surface area contributed by atoms with Crippen LogP contribution in [0.25, 0.3) is 0 Å². The van der Waals surface area contributed by atoms with Gasteiger partial charge in [-0.15, -0.1) is 0 Å². The zero-order valence-electron chi connectivity index (χ0n) is 17.9. The summed E-state index contributed by atoms with van der Waals surface area (Å²) in [5.41, 5.74) is 3.16. The molecule has 2 N–H and O–H groups in total. The predicted molar refractivity (Wildman–Crippen MR) is 118 cm³/mol. The van der Waals surface area contributed by atoms with Gasteiger partial charge in [0.05, 0.1) is 10.9 Å². The minimum Gasteiger partial charge on any atom is -0.490 e. The smallest absolute Gasteiger partial charge is 0.242 e. The Morgan fingerprint density at radius 3 is 2.63 bits per heavy atom. The van der Waals surface area contributed by atoms with Gasteiger partial charge in [-0.25, -0.2) is 17.7 Å². The van der Waals surface area contributed by atoms with Gasteiger partial charge in [0.15, 0.2) is 0 Å². The maximum absolute atomic E-state index is 12.9. The van der Waals surface area contributed by atoms with Gasteiger partial charge in [-0.1, -0.05) is 30.3 Å². The maximum atomic E-state index is 12.9. The molecule has 0 spiro atoms. The summed E-state index contributed by atoms with van der Waals surface area (Å²) in [7, 11) is -0.374. The van der Waals surface area contributed by atoms with Crippen molar-refractivity contribution in [3.05, 3.63) is 59.2 Å². The van der Waals surface area contributed by atoms with Gasteiger partial charge in [-0.2, -0.15) is 0 Å². The van der Waals surface area contributed by atoms with Crippen LogP contribution in [-0.2, 0) is 22.9 Å². The topological polar surface area (TPSA) is 75.9 Å². The van der Waals surface area contributed by atoms with Crippen molar-refractivity contribution in [1.29, 1.82) is 0 Å². The van der Waals surface area contributed by atoms with Crippen molar-refractivity contribution in [3.63, 3.8) is 0 Å². The van der Waals surface area contributed by atoms with Crippen molar-refractivity contribution in [2.45, 2.75) is 49.6 Å². The molecule has 6 nitrogen and oxygen atoms in total. The second-order valence-electron chi connectivity index (χ2n) is 8.69. The van der Waals surface area contributed by atoms with Crippen LogP contribution in [0.1, 0.15) is 42.5 Å². The normalized spacial score (nSPS) is 24.6. The van der Waals surface area contributed by atoms with Crippen LogP contribution in [0.4, 0.5) is 0 Å². The van der Waals surface area contributed by atoms with Crippen molar-refractivity contribution in [3.8, 4) is 5.75 Å². The lowest BCUT2D eigenvalue weighted by molar-refractivity contribution is 0.0920. The Labute approximate surface area is 179 Å². The van der Waals surface area contributed by atoms with E-state index < -0.39 is 10.0 Å². The summed E-state index contributed by atoms with van der Waals surface area (Å²) in [5.74, 6) is 7.57. The number of piperidine rings is 1. The van der Waals surface area contributed by atoms with Crippen molar-refractivity contribution >= 4 is 10.0 Å². The molecule has 30 heavy (non-hydrogen) atoms. The number of nitrogens with two attached hydrogens (primary N) is 1. The fraction of sp³-hybridized carbons (Fsp3) is 0.478. The molecule has 1 fully saturated rings. The Balaban J connectivity index is 1.74. The largest absolute Gasteiger partial charge is 0.490 e. The molecule has 0 aromatic heterocycles. The molecule has 2 aliphatic heterocycles. The Morgan fingerprint density at radius 1 is 1.20 bits per heavy atom. The number of hydrazine groups is 1. The average Bonchev–Trinajstić information content (AvgIpc) is 3.09.